The van der Waals surface area contributed by atoms with Gasteiger partial charge in [0.15, 0.2) is 0 Å². The molecule has 1 aliphatic rings. The molecule has 2 heterocycles. The Bertz CT molecular complexity index is 416. The normalized spacial score (nSPS) is 17.1. The highest BCUT2D eigenvalue weighted by Gasteiger charge is 2.21. The third-order valence-corrected chi connectivity index (χ3v) is 4.96. The number of aliphatic carboxylic acids is 1. The molecule has 4 heteroatoms. The number of carboxylic acid groups (broad SMARTS) is 1. The second-order valence-electron chi connectivity index (χ2n) is 5.36. The standard InChI is InChI=1S/C15H23NO2S/c1-2-3-4-12(15(17)18)5-8-16-9-6-14-13(11-16)7-10-19-14/h7,10,12H,2-6,8-9,11H2,1H3,(H,17,18). The first-order valence-corrected chi connectivity index (χ1v) is 8.09. The molecule has 1 atom stereocenters. The smallest absolute Gasteiger partial charge is 0.306 e. The first kappa shape index (κ1) is 14.5. The molecule has 0 amide bonds. The Labute approximate surface area is 119 Å². The fourth-order valence-corrected chi connectivity index (χ4v) is 3.57. The van der Waals surface area contributed by atoms with Crippen molar-refractivity contribution in [2.45, 2.75) is 45.6 Å². The lowest BCUT2D eigenvalue weighted by Crippen LogP contribution is -2.32. The summed E-state index contributed by atoms with van der Waals surface area (Å²) >= 11 is 1.85. The van der Waals surface area contributed by atoms with Gasteiger partial charge in [0.05, 0.1) is 5.92 Å². The fraction of sp³-hybridized carbons (Fsp3) is 0.667. The van der Waals surface area contributed by atoms with Gasteiger partial charge in [0, 0.05) is 18.0 Å². The summed E-state index contributed by atoms with van der Waals surface area (Å²) < 4.78 is 0. The number of fused-ring (bicyclic) bond motifs is 1. The predicted molar refractivity (Wildman–Crippen MR) is 78.6 cm³/mol. The Morgan fingerprint density at radius 2 is 2.37 bits per heavy atom. The molecule has 1 aliphatic heterocycles. The number of thiophene rings is 1. The maximum Gasteiger partial charge on any atom is 0.306 e. The van der Waals surface area contributed by atoms with E-state index in [2.05, 4.69) is 23.3 Å². The summed E-state index contributed by atoms with van der Waals surface area (Å²) in [6, 6.07) is 2.21. The number of nitrogens with zero attached hydrogens (tertiary/aromatic N) is 1. The zero-order valence-electron chi connectivity index (χ0n) is 11.6. The third-order valence-electron chi connectivity index (χ3n) is 3.94. The van der Waals surface area contributed by atoms with Crippen molar-refractivity contribution >= 4 is 17.3 Å². The summed E-state index contributed by atoms with van der Waals surface area (Å²) in [6.07, 6.45) is 4.83. The lowest BCUT2D eigenvalue weighted by Gasteiger charge is -2.27. The summed E-state index contributed by atoms with van der Waals surface area (Å²) in [5.74, 6) is -0.787. The quantitative estimate of drug-likeness (QED) is 0.833. The molecule has 2 rings (SSSR count). The molecule has 1 unspecified atom stereocenters. The second-order valence-corrected chi connectivity index (χ2v) is 6.36. The molecule has 1 aromatic rings. The van der Waals surface area contributed by atoms with Crippen LogP contribution in [0.2, 0.25) is 0 Å². The highest BCUT2D eigenvalue weighted by molar-refractivity contribution is 7.10. The maximum atomic E-state index is 11.2. The van der Waals surface area contributed by atoms with Gasteiger partial charge in [-0.05, 0) is 42.8 Å². The van der Waals surface area contributed by atoms with Crippen molar-refractivity contribution in [3.63, 3.8) is 0 Å². The van der Waals surface area contributed by atoms with Crippen molar-refractivity contribution in [1.82, 2.24) is 4.90 Å². The maximum absolute atomic E-state index is 11.2. The van der Waals surface area contributed by atoms with E-state index in [9.17, 15) is 9.90 Å². The largest absolute Gasteiger partial charge is 0.481 e. The Morgan fingerprint density at radius 1 is 1.53 bits per heavy atom. The average Bonchev–Trinajstić information content (AvgIpc) is 2.85. The van der Waals surface area contributed by atoms with Crippen molar-refractivity contribution in [2.24, 2.45) is 5.92 Å². The van der Waals surface area contributed by atoms with Gasteiger partial charge in [0.2, 0.25) is 0 Å². The minimum Gasteiger partial charge on any atom is -0.481 e. The molecule has 3 nitrogen and oxygen atoms in total. The summed E-state index contributed by atoms with van der Waals surface area (Å²) in [5.41, 5.74) is 1.44. The van der Waals surface area contributed by atoms with Crippen LogP contribution in [-0.2, 0) is 17.8 Å². The van der Waals surface area contributed by atoms with E-state index < -0.39 is 5.97 Å². The zero-order valence-corrected chi connectivity index (χ0v) is 12.4. The zero-order chi connectivity index (χ0) is 13.7. The van der Waals surface area contributed by atoms with Crippen molar-refractivity contribution in [3.8, 4) is 0 Å². The van der Waals surface area contributed by atoms with Crippen LogP contribution in [0.3, 0.4) is 0 Å². The van der Waals surface area contributed by atoms with Gasteiger partial charge in [-0.25, -0.2) is 0 Å². The average molecular weight is 281 g/mol. The summed E-state index contributed by atoms with van der Waals surface area (Å²) in [6.45, 7) is 5.10. The van der Waals surface area contributed by atoms with E-state index in [1.165, 1.54) is 10.4 Å². The number of carboxylic acids is 1. The minimum atomic E-state index is -0.623. The van der Waals surface area contributed by atoms with Crippen LogP contribution in [-0.4, -0.2) is 29.1 Å². The van der Waals surface area contributed by atoms with Crippen LogP contribution in [0.25, 0.3) is 0 Å². The van der Waals surface area contributed by atoms with E-state index in [4.69, 9.17) is 0 Å². The second kappa shape index (κ2) is 7.06. The number of carbonyl (C=O) groups is 1. The number of unbranched alkanes of at least 4 members (excludes halogenated alkanes) is 1. The molecule has 1 N–H and O–H groups in total. The number of rotatable bonds is 7. The van der Waals surface area contributed by atoms with Crippen LogP contribution in [0, 0.1) is 5.92 Å². The molecule has 0 saturated carbocycles. The van der Waals surface area contributed by atoms with E-state index in [-0.39, 0.29) is 5.92 Å². The van der Waals surface area contributed by atoms with Gasteiger partial charge in [-0.1, -0.05) is 19.8 Å². The number of hydrogen-bond acceptors (Lipinski definition) is 3. The lowest BCUT2D eigenvalue weighted by molar-refractivity contribution is -0.142. The molecule has 19 heavy (non-hydrogen) atoms. The van der Waals surface area contributed by atoms with Crippen LogP contribution < -0.4 is 0 Å². The van der Waals surface area contributed by atoms with Crippen molar-refractivity contribution in [1.29, 1.82) is 0 Å². The Morgan fingerprint density at radius 3 is 3.11 bits per heavy atom. The van der Waals surface area contributed by atoms with Crippen molar-refractivity contribution in [2.75, 3.05) is 13.1 Å². The van der Waals surface area contributed by atoms with Gasteiger partial charge >= 0.3 is 5.97 Å². The molecule has 0 radical (unpaired) electrons. The highest BCUT2D eigenvalue weighted by atomic mass is 32.1. The van der Waals surface area contributed by atoms with Gasteiger partial charge in [-0.3, -0.25) is 9.69 Å². The number of hydrogen-bond donors (Lipinski definition) is 1. The molecular weight excluding hydrogens is 258 g/mol. The van der Waals surface area contributed by atoms with E-state index in [1.54, 1.807) is 0 Å². The molecule has 0 spiro atoms. The molecule has 106 valence electrons. The molecule has 0 aliphatic carbocycles. The van der Waals surface area contributed by atoms with Crippen LogP contribution >= 0.6 is 11.3 Å². The van der Waals surface area contributed by atoms with Gasteiger partial charge in [-0.15, -0.1) is 11.3 Å². The fourth-order valence-electron chi connectivity index (χ4n) is 2.68. The van der Waals surface area contributed by atoms with Crippen molar-refractivity contribution < 1.29 is 9.90 Å². The highest BCUT2D eigenvalue weighted by Crippen LogP contribution is 2.24. The van der Waals surface area contributed by atoms with Gasteiger partial charge in [0.25, 0.3) is 0 Å². The first-order chi connectivity index (χ1) is 9.20. The van der Waals surface area contributed by atoms with E-state index in [0.717, 1.165) is 51.7 Å². The van der Waals surface area contributed by atoms with Crippen LogP contribution in [0.1, 0.15) is 43.0 Å². The Hall–Kier alpha value is -0.870. The van der Waals surface area contributed by atoms with E-state index in [0.29, 0.717) is 0 Å². The van der Waals surface area contributed by atoms with Gasteiger partial charge in [0.1, 0.15) is 0 Å². The third kappa shape index (κ3) is 4.05. The molecule has 1 aromatic heterocycles. The molecule has 0 bridgehead atoms. The monoisotopic (exact) mass is 281 g/mol. The summed E-state index contributed by atoms with van der Waals surface area (Å²) in [4.78, 5) is 15.1. The van der Waals surface area contributed by atoms with Crippen LogP contribution in [0.5, 0.6) is 0 Å². The lowest BCUT2D eigenvalue weighted by atomic mass is 9.98. The van der Waals surface area contributed by atoms with Crippen LogP contribution in [0.4, 0.5) is 0 Å². The molecule has 0 fully saturated rings. The topological polar surface area (TPSA) is 40.5 Å². The van der Waals surface area contributed by atoms with E-state index in [1.807, 2.05) is 11.3 Å². The molecule has 0 aromatic carbocycles. The van der Waals surface area contributed by atoms with Gasteiger partial charge in [-0.2, -0.15) is 0 Å². The molecular formula is C15H23NO2S. The van der Waals surface area contributed by atoms with Crippen LogP contribution in [0.15, 0.2) is 11.4 Å². The van der Waals surface area contributed by atoms with E-state index >= 15 is 0 Å². The first-order valence-electron chi connectivity index (χ1n) is 7.21. The van der Waals surface area contributed by atoms with Gasteiger partial charge < -0.3 is 5.11 Å². The molecule has 0 saturated heterocycles. The SMILES string of the molecule is CCCCC(CCN1CCc2sccc2C1)C(=O)O. The predicted octanol–water partition coefficient (Wildman–Crippen LogP) is 3.39. The Balaban J connectivity index is 1.80. The summed E-state index contributed by atoms with van der Waals surface area (Å²) in [5, 5.41) is 11.4. The minimum absolute atomic E-state index is 0.163. The Kier molecular flexibility index (Phi) is 5.40. The van der Waals surface area contributed by atoms with Crippen molar-refractivity contribution in [3.05, 3.63) is 21.9 Å². The summed E-state index contributed by atoms with van der Waals surface area (Å²) in [7, 11) is 0.